The Bertz CT molecular complexity index is 1350. The molecule has 3 aliphatic rings. The van der Waals surface area contributed by atoms with Crippen LogP contribution in [0.5, 0.6) is 5.75 Å². The third-order valence-corrected chi connectivity index (χ3v) is 7.87. The fraction of sp³-hybridized carbons (Fsp3) is 0.357. The van der Waals surface area contributed by atoms with Crippen molar-refractivity contribution < 1.29 is 34.1 Å². The Morgan fingerprint density at radius 1 is 1.11 bits per heavy atom. The van der Waals surface area contributed by atoms with E-state index in [9.17, 15) is 29.4 Å². The maximum absolute atomic E-state index is 13.9. The van der Waals surface area contributed by atoms with Crippen molar-refractivity contribution in [3.8, 4) is 5.75 Å². The summed E-state index contributed by atoms with van der Waals surface area (Å²) in [5.74, 6) is -6.92. The summed E-state index contributed by atoms with van der Waals surface area (Å²) in [6, 6.07) is 13.0. The number of primary amides is 1. The molecule has 0 bridgehead atoms. The molecule has 0 aromatic heterocycles. The van der Waals surface area contributed by atoms with Crippen LogP contribution in [0.25, 0.3) is 0 Å². The van der Waals surface area contributed by atoms with Crippen molar-refractivity contribution in [1.82, 2.24) is 4.90 Å². The first-order chi connectivity index (χ1) is 17.6. The molecule has 2 aromatic carbocycles. The van der Waals surface area contributed by atoms with Crippen molar-refractivity contribution in [2.24, 2.45) is 23.5 Å². The Labute approximate surface area is 213 Å². The van der Waals surface area contributed by atoms with Gasteiger partial charge in [0.05, 0.1) is 17.5 Å². The van der Waals surface area contributed by atoms with Crippen LogP contribution in [0.15, 0.2) is 59.9 Å². The summed E-state index contributed by atoms with van der Waals surface area (Å²) in [4.78, 5) is 55.3. The molecular formula is C28H28N2O7. The van der Waals surface area contributed by atoms with Gasteiger partial charge in [-0.05, 0) is 50.0 Å². The smallest absolute Gasteiger partial charge is 0.255 e. The Hall–Kier alpha value is -3.82. The average Bonchev–Trinajstić information content (AvgIpc) is 2.85. The van der Waals surface area contributed by atoms with Crippen LogP contribution in [-0.2, 0) is 32.1 Å². The highest BCUT2D eigenvalue weighted by molar-refractivity contribution is 6.32. The zero-order chi connectivity index (χ0) is 26.6. The monoisotopic (exact) mass is 504 g/mol. The van der Waals surface area contributed by atoms with Crippen molar-refractivity contribution in [2.75, 3.05) is 14.1 Å². The minimum atomic E-state index is -2.64. The van der Waals surface area contributed by atoms with Crippen molar-refractivity contribution >= 4 is 23.3 Å². The highest BCUT2D eigenvalue weighted by Gasteiger charge is 2.67. The van der Waals surface area contributed by atoms with Gasteiger partial charge in [-0.3, -0.25) is 24.1 Å². The largest absolute Gasteiger partial charge is 0.507 e. The number of likely N-dealkylation sites (N-methyl/N-ethyl adjacent to an activating group) is 1. The first kappa shape index (κ1) is 24.9. The fourth-order valence-corrected chi connectivity index (χ4v) is 6.27. The number of ether oxygens (including phenoxy) is 1. The van der Waals surface area contributed by atoms with E-state index in [1.54, 1.807) is 31.1 Å². The molecule has 192 valence electrons. The van der Waals surface area contributed by atoms with Crippen molar-refractivity contribution in [3.05, 3.63) is 76.6 Å². The zero-order valence-electron chi connectivity index (χ0n) is 20.5. The Morgan fingerprint density at radius 2 is 1.81 bits per heavy atom. The van der Waals surface area contributed by atoms with E-state index >= 15 is 0 Å². The number of rotatable bonds is 5. The minimum absolute atomic E-state index is 0.00691. The van der Waals surface area contributed by atoms with Gasteiger partial charge in [-0.25, -0.2) is 0 Å². The number of hydrogen-bond donors (Lipinski definition) is 3. The van der Waals surface area contributed by atoms with Crippen molar-refractivity contribution in [3.63, 3.8) is 0 Å². The van der Waals surface area contributed by atoms with E-state index in [4.69, 9.17) is 10.5 Å². The highest BCUT2D eigenvalue weighted by Crippen LogP contribution is 2.51. The summed E-state index contributed by atoms with van der Waals surface area (Å²) in [5, 5.41) is 22.1. The van der Waals surface area contributed by atoms with Crippen LogP contribution in [-0.4, -0.2) is 64.1 Å². The molecule has 9 nitrogen and oxygen atoms in total. The number of fused-ring (bicyclic) bond motifs is 3. The van der Waals surface area contributed by atoms with Crippen LogP contribution in [0.1, 0.15) is 27.9 Å². The number of aromatic hydroxyl groups is 1. The molecule has 1 amide bonds. The summed E-state index contributed by atoms with van der Waals surface area (Å²) in [6.45, 7) is 0.0425. The summed E-state index contributed by atoms with van der Waals surface area (Å²) < 4.78 is 6.04. The number of nitrogens with two attached hydrogens (primary N) is 1. The van der Waals surface area contributed by atoms with Crippen LogP contribution < -0.4 is 5.73 Å². The van der Waals surface area contributed by atoms with Crippen LogP contribution in [0, 0.1) is 17.8 Å². The van der Waals surface area contributed by atoms with Gasteiger partial charge in [0.1, 0.15) is 23.7 Å². The molecule has 4 N–H and O–H groups in total. The van der Waals surface area contributed by atoms with Crippen LogP contribution >= 0.6 is 0 Å². The Morgan fingerprint density at radius 3 is 2.46 bits per heavy atom. The van der Waals surface area contributed by atoms with Crippen molar-refractivity contribution in [2.45, 2.75) is 31.1 Å². The molecule has 5 atom stereocenters. The number of nitrogens with zero attached hydrogens (tertiary/aromatic N) is 1. The van der Waals surface area contributed by atoms with E-state index in [1.807, 2.05) is 30.3 Å². The molecule has 0 saturated heterocycles. The topological polar surface area (TPSA) is 147 Å². The minimum Gasteiger partial charge on any atom is -0.507 e. The number of phenols is 1. The van der Waals surface area contributed by atoms with E-state index in [1.165, 1.54) is 6.07 Å². The molecule has 3 aliphatic carbocycles. The third-order valence-electron chi connectivity index (χ3n) is 7.87. The number of benzene rings is 2. The number of aliphatic hydroxyl groups is 1. The first-order valence-corrected chi connectivity index (χ1v) is 12.1. The Kier molecular flexibility index (Phi) is 6.00. The number of carbonyl (C=O) groups is 4. The van der Waals surface area contributed by atoms with Gasteiger partial charge in [0.2, 0.25) is 5.78 Å². The lowest BCUT2D eigenvalue weighted by Gasteiger charge is -2.52. The SMILES string of the molecule is CN(C)[C@@H]1C(OCc2ccccc2)=C(C(N)=O)C(=O)[C@@]2(O)C(=O)C3C(=O)c4c(O)cccc4C[C@H]3C[C@@H]12. The summed E-state index contributed by atoms with van der Waals surface area (Å²) >= 11 is 0. The predicted molar refractivity (Wildman–Crippen MR) is 131 cm³/mol. The van der Waals surface area contributed by atoms with E-state index in [0.717, 1.165) is 5.56 Å². The van der Waals surface area contributed by atoms with Crippen LogP contribution in [0.3, 0.4) is 0 Å². The van der Waals surface area contributed by atoms with E-state index in [0.29, 0.717) is 12.0 Å². The van der Waals surface area contributed by atoms with Gasteiger partial charge in [0.25, 0.3) is 5.91 Å². The molecule has 0 heterocycles. The molecule has 1 unspecified atom stereocenters. The molecule has 1 saturated carbocycles. The number of Topliss-reactive ketones (excluding diaryl/α,β-unsaturated/α-hetero) is 3. The lowest BCUT2D eigenvalue weighted by molar-refractivity contribution is -0.170. The summed E-state index contributed by atoms with van der Waals surface area (Å²) in [5.41, 5.74) is 3.83. The number of ketones is 3. The molecule has 0 aliphatic heterocycles. The van der Waals surface area contributed by atoms with Gasteiger partial charge in [-0.2, -0.15) is 0 Å². The molecular weight excluding hydrogens is 476 g/mol. The van der Waals surface area contributed by atoms with E-state index in [2.05, 4.69) is 0 Å². The quantitative estimate of drug-likeness (QED) is 0.406. The predicted octanol–water partition coefficient (Wildman–Crippen LogP) is 1.15. The molecule has 5 rings (SSSR count). The van der Waals surface area contributed by atoms with E-state index in [-0.39, 0.29) is 30.1 Å². The molecule has 1 fully saturated rings. The maximum Gasteiger partial charge on any atom is 0.255 e. The lowest BCUT2D eigenvalue weighted by atomic mass is 9.54. The fourth-order valence-electron chi connectivity index (χ4n) is 6.27. The third kappa shape index (κ3) is 3.69. The van der Waals surface area contributed by atoms with Crippen LogP contribution in [0.4, 0.5) is 0 Å². The van der Waals surface area contributed by atoms with E-state index < -0.39 is 58.2 Å². The summed E-state index contributed by atoms with van der Waals surface area (Å²) in [7, 11) is 3.39. The second-order valence-electron chi connectivity index (χ2n) is 10.2. The van der Waals surface area contributed by atoms with Gasteiger partial charge in [-0.15, -0.1) is 0 Å². The molecule has 37 heavy (non-hydrogen) atoms. The molecule has 2 aromatic rings. The second kappa shape index (κ2) is 8.93. The maximum atomic E-state index is 13.9. The van der Waals surface area contributed by atoms with Crippen molar-refractivity contribution in [1.29, 1.82) is 0 Å². The normalized spacial score (nSPS) is 29.0. The Balaban J connectivity index is 1.62. The number of amides is 1. The van der Waals surface area contributed by atoms with Crippen LogP contribution in [0.2, 0.25) is 0 Å². The lowest BCUT2D eigenvalue weighted by Crippen LogP contribution is -2.69. The van der Waals surface area contributed by atoms with Gasteiger partial charge < -0.3 is 20.7 Å². The van der Waals surface area contributed by atoms with Gasteiger partial charge in [0, 0.05) is 5.92 Å². The standard InChI is InChI=1S/C28H28N2O7/c1-30(2)22-17-12-16-11-15-9-6-10-18(31)19(15)23(32)20(16)25(33)28(17,36)26(34)21(27(29)35)24(22)37-13-14-7-4-3-5-8-14/h3-10,16-17,20,22,31,36H,11-13H2,1-2H3,(H2,29,35)/t16-,17-,20?,22-,28-/m0/s1. The van der Waals surface area contributed by atoms with Gasteiger partial charge in [0.15, 0.2) is 17.2 Å². The first-order valence-electron chi connectivity index (χ1n) is 12.1. The number of hydrogen-bond acceptors (Lipinski definition) is 8. The molecule has 9 heteroatoms. The highest BCUT2D eigenvalue weighted by atomic mass is 16.5. The number of phenolic OH excluding ortho intramolecular Hbond substituents is 1. The van der Waals surface area contributed by atoms with Gasteiger partial charge in [-0.1, -0.05) is 42.5 Å². The number of carbonyl (C=O) groups excluding carboxylic acids is 4. The molecule has 0 spiro atoms. The average molecular weight is 505 g/mol. The van der Waals surface area contributed by atoms with Gasteiger partial charge >= 0.3 is 0 Å². The summed E-state index contributed by atoms with van der Waals surface area (Å²) in [6.07, 6.45) is 0.464. The molecule has 0 radical (unpaired) electrons. The zero-order valence-corrected chi connectivity index (χ0v) is 20.5. The second-order valence-corrected chi connectivity index (χ2v) is 10.2.